The molecular formula is C12H10F5N4O2S. The van der Waals surface area contributed by atoms with E-state index in [0.29, 0.717) is 0 Å². The van der Waals surface area contributed by atoms with Gasteiger partial charge in [-0.2, -0.15) is 27.1 Å². The van der Waals surface area contributed by atoms with Crippen LogP contribution >= 0.6 is 0 Å². The summed E-state index contributed by atoms with van der Waals surface area (Å²) in [6, 6.07) is 2.03. The van der Waals surface area contributed by atoms with Gasteiger partial charge in [-0.15, -0.1) is 0 Å². The fourth-order valence-electron chi connectivity index (χ4n) is 1.68. The first-order chi connectivity index (χ1) is 11.0. The van der Waals surface area contributed by atoms with Crippen LogP contribution in [0.25, 0.3) is 5.82 Å². The van der Waals surface area contributed by atoms with Crippen LogP contribution in [0.15, 0.2) is 29.7 Å². The number of rotatable bonds is 5. The molecule has 2 rings (SSSR count). The maximum absolute atomic E-state index is 13.3. The average Bonchev–Trinajstić information content (AvgIpc) is 2.99. The molecule has 2 heterocycles. The van der Waals surface area contributed by atoms with Crippen molar-refractivity contribution in [2.75, 3.05) is 5.75 Å². The van der Waals surface area contributed by atoms with Crippen molar-refractivity contribution in [1.82, 2.24) is 19.7 Å². The number of aromatic nitrogens is 4. The lowest BCUT2D eigenvalue weighted by Gasteiger charge is -2.20. The van der Waals surface area contributed by atoms with Crippen LogP contribution in [0.2, 0.25) is 0 Å². The topological polar surface area (TPSA) is 77.7 Å². The third-order valence-electron chi connectivity index (χ3n) is 2.94. The zero-order valence-corrected chi connectivity index (χ0v) is 12.8. The molecule has 24 heavy (non-hydrogen) atoms. The molecule has 0 atom stereocenters. The third-order valence-corrected chi connectivity index (χ3v) is 4.71. The summed E-state index contributed by atoms with van der Waals surface area (Å²) in [6.07, 6.45) is -4.19. The predicted octanol–water partition coefficient (Wildman–Crippen LogP) is 2.21. The minimum absolute atomic E-state index is 0.160. The fraction of sp³-hybridized carbons (Fsp3) is 0.333. The van der Waals surface area contributed by atoms with Gasteiger partial charge in [-0.3, -0.25) is 0 Å². The van der Waals surface area contributed by atoms with Crippen molar-refractivity contribution in [3.63, 3.8) is 0 Å². The molecule has 0 amide bonds. The van der Waals surface area contributed by atoms with Crippen molar-refractivity contribution in [2.45, 2.75) is 23.9 Å². The van der Waals surface area contributed by atoms with E-state index in [1.165, 1.54) is 6.92 Å². The van der Waals surface area contributed by atoms with Crippen LogP contribution in [-0.4, -0.2) is 46.0 Å². The number of hydrogen-bond donors (Lipinski definition) is 0. The molecule has 1 radical (unpaired) electrons. The van der Waals surface area contributed by atoms with E-state index in [4.69, 9.17) is 0 Å². The van der Waals surface area contributed by atoms with E-state index in [1.54, 1.807) is 0 Å². The van der Waals surface area contributed by atoms with Crippen LogP contribution in [0.1, 0.15) is 12.6 Å². The molecule has 2 aromatic rings. The molecule has 0 aliphatic rings. The van der Waals surface area contributed by atoms with E-state index in [9.17, 15) is 30.4 Å². The van der Waals surface area contributed by atoms with E-state index in [2.05, 4.69) is 15.1 Å². The fourth-order valence-corrected chi connectivity index (χ4v) is 2.69. The van der Waals surface area contributed by atoms with Crippen LogP contribution in [0.3, 0.4) is 0 Å². The molecule has 131 valence electrons. The highest BCUT2D eigenvalue weighted by molar-refractivity contribution is 7.91. The van der Waals surface area contributed by atoms with E-state index in [0.717, 1.165) is 29.5 Å². The number of sulfone groups is 1. The van der Waals surface area contributed by atoms with E-state index < -0.39 is 44.7 Å². The molecule has 0 aliphatic heterocycles. The Labute approximate surface area is 133 Å². The van der Waals surface area contributed by atoms with E-state index >= 15 is 0 Å². The number of halogens is 5. The summed E-state index contributed by atoms with van der Waals surface area (Å²) in [5.74, 6) is -5.90. The summed E-state index contributed by atoms with van der Waals surface area (Å²) in [5, 5.41) is 3.65. The van der Waals surface area contributed by atoms with Gasteiger partial charge in [0.05, 0.1) is 22.8 Å². The molecule has 0 fully saturated rings. The normalized spacial score (nSPS) is 13.2. The van der Waals surface area contributed by atoms with Crippen LogP contribution < -0.4 is 0 Å². The van der Waals surface area contributed by atoms with Gasteiger partial charge in [0.15, 0.2) is 15.7 Å². The van der Waals surface area contributed by atoms with Gasteiger partial charge in [0.25, 0.3) is 0 Å². The summed E-state index contributed by atoms with van der Waals surface area (Å²) in [4.78, 5) is 6.43. The molecule has 0 bridgehead atoms. The number of pyridine rings is 1. The highest BCUT2D eigenvalue weighted by Crippen LogP contribution is 2.40. The Morgan fingerprint density at radius 3 is 2.38 bits per heavy atom. The number of nitrogens with zero attached hydrogens (tertiary/aromatic N) is 4. The second-order valence-corrected chi connectivity index (χ2v) is 6.81. The maximum Gasteiger partial charge on any atom is 0.454 e. The van der Waals surface area contributed by atoms with Gasteiger partial charge in [0, 0.05) is 0 Å². The SMILES string of the molecule is CCS(=O)(=O)c1ccc(-n2cncn2)nc1[CH]C(F)(F)C(F)(F)F. The first-order valence-corrected chi connectivity index (χ1v) is 8.02. The van der Waals surface area contributed by atoms with Crippen molar-refractivity contribution in [1.29, 1.82) is 0 Å². The highest BCUT2D eigenvalue weighted by atomic mass is 32.2. The van der Waals surface area contributed by atoms with Crippen LogP contribution in [0, 0.1) is 6.42 Å². The molecule has 0 aliphatic carbocycles. The second kappa shape index (κ2) is 6.07. The van der Waals surface area contributed by atoms with Crippen LogP contribution in [-0.2, 0) is 9.84 Å². The molecule has 0 saturated carbocycles. The Hall–Kier alpha value is -2.11. The number of alkyl halides is 5. The van der Waals surface area contributed by atoms with Crippen molar-refractivity contribution < 1.29 is 30.4 Å². The van der Waals surface area contributed by atoms with Gasteiger partial charge < -0.3 is 0 Å². The summed E-state index contributed by atoms with van der Waals surface area (Å²) in [5.41, 5.74) is -1.01. The van der Waals surface area contributed by atoms with Gasteiger partial charge in [0.2, 0.25) is 0 Å². The standard InChI is InChI=1S/C12H10F5N4O2S/c1-2-24(22,23)9-3-4-10(21-7-18-6-19-21)20-8(9)5-11(13,14)12(15,16)17/h3-7H,2H2,1H3. The third kappa shape index (κ3) is 3.52. The zero-order chi connectivity index (χ0) is 18.2. The Bertz CT molecular complexity index is 818. The minimum atomic E-state index is -5.88. The lowest BCUT2D eigenvalue weighted by Crippen LogP contribution is -2.37. The summed E-state index contributed by atoms with van der Waals surface area (Å²) < 4.78 is 88.7. The van der Waals surface area contributed by atoms with Gasteiger partial charge in [-0.1, -0.05) is 6.92 Å². The van der Waals surface area contributed by atoms with Gasteiger partial charge in [-0.25, -0.2) is 23.1 Å². The van der Waals surface area contributed by atoms with Crippen molar-refractivity contribution in [3.8, 4) is 5.82 Å². The lowest BCUT2D eigenvalue weighted by atomic mass is 10.1. The molecule has 2 aromatic heterocycles. The van der Waals surface area contributed by atoms with E-state index in [-0.39, 0.29) is 5.82 Å². The largest absolute Gasteiger partial charge is 0.454 e. The Morgan fingerprint density at radius 2 is 1.88 bits per heavy atom. The smallest absolute Gasteiger partial charge is 0.232 e. The maximum atomic E-state index is 13.3. The van der Waals surface area contributed by atoms with Crippen LogP contribution in [0.4, 0.5) is 22.0 Å². The Kier molecular flexibility index (Phi) is 4.61. The Balaban J connectivity index is 2.58. The Morgan fingerprint density at radius 1 is 1.21 bits per heavy atom. The molecular weight excluding hydrogens is 359 g/mol. The van der Waals surface area contributed by atoms with Crippen molar-refractivity contribution in [3.05, 3.63) is 36.9 Å². The predicted molar refractivity (Wildman–Crippen MR) is 71.3 cm³/mol. The molecule has 0 unspecified atom stereocenters. The second-order valence-electron chi connectivity index (χ2n) is 4.56. The molecule has 0 aromatic carbocycles. The quantitative estimate of drug-likeness (QED) is 0.755. The molecule has 0 spiro atoms. The molecule has 12 heteroatoms. The van der Waals surface area contributed by atoms with Gasteiger partial charge in [0.1, 0.15) is 12.7 Å². The summed E-state index contributed by atoms with van der Waals surface area (Å²) in [7, 11) is -4.07. The number of hydrogen-bond acceptors (Lipinski definition) is 5. The average molecular weight is 369 g/mol. The summed E-state index contributed by atoms with van der Waals surface area (Å²) >= 11 is 0. The molecule has 0 saturated heterocycles. The monoisotopic (exact) mass is 369 g/mol. The highest BCUT2D eigenvalue weighted by Gasteiger charge is 2.58. The van der Waals surface area contributed by atoms with Gasteiger partial charge >= 0.3 is 12.1 Å². The summed E-state index contributed by atoms with van der Waals surface area (Å²) in [6.45, 7) is 1.23. The minimum Gasteiger partial charge on any atom is -0.232 e. The molecule has 0 N–H and O–H groups in total. The van der Waals surface area contributed by atoms with Gasteiger partial charge in [-0.05, 0) is 12.1 Å². The molecule has 6 nitrogen and oxygen atoms in total. The zero-order valence-electron chi connectivity index (χ0n) is 12.0. The first kappa shape index (κ1) is 18.2. The lowest BCUT2D eigenvalue weighted by molar-refractivity contribution is -0.265. The first-order valence-electron chi connectivity index (χ1n) is 6.37. The van der Waals surface area contributed by atoms with Crippen molar-refractivity contribution in [2.24, 2.45) is 0 Å². The van der Waals surface area contributed by atoms with Crippen molar-refractivity contribution >= 4 is 9.84 Å². The van der Waals surface area contributed by atoms with E-state index in [1.807, 2.05) is 0 Å². The van der Waals surface area contributed by atoms with Crippen LogP contribution in [0.5, 0.6) is 0 Å².